The van der Waals surface area contributed by atoms with E-state index in [9.17, 15) is 9.90 Å². The zero-order valence-corrected chi connectivity index (χ0v) is 13.8. The topological polar surface area (TPSA) is 68.0 Å². The van der Waals surface area contributed by atoms with E-state index in [0.29, 0.717) is 28.0 Å². The quantitative estimate of drug-likeness (QED) is 0.724. The first kappa shape index (κ1) is 15.5. The number of carbonyl (C=O) groups is 1. The molecule has 6 heteroatoms. The first-order valence-electron chi connectivity index (χ1n) is 7.15. The van der Waals surface area contributed by atoms with E-state index in [0.717, 1.165) is 5.56 Å². The van der Waals surface area contributed by atoms with Gasteiger partial charge in [-0.2, -0.15) is 0 Å². The molecule has 0 atom stereocenters. The molecule has 0 saturated heterocycles. The maximum absolute atomic E-state index is 11.3. The largest absolute Gasteiger partial charge is 0.505 e. The number of aldehydes is 1. The van der Waals surface area contributed by atoms with Gasteiger partial charge in [0.1, 0.15) is 16.7 Å². The van der Waals surface area contributed by atoms with Gasteiger partial charge in [0, 0.05) is 5.02 Å². The monoisotopic (exact) mass is 329 g/mol. The molecule has 0 unspecified atom stereocenters. The third-order valence-corrected chi connectivity index (χ3v) is 3.91. The second-order valence-corrected chi connectivity index (χ2v) is 6.86. The Bertz CT molecular complexity index is 910. The van der Waals surface area contributed by atoms with Crippen molar-refractivity contribution in [3.63, 3.8) is 0 Å². The molecule has 1 heterocycles. The van der Waals surface area contributed by atoms with Crippen molar-refractivity contribution in [1.29, 1.82) is 0 Å². The average Bonchev–Trinajstić information content (AvgIpc) is 2.88. The van der Waals surface area contributed by atoms with Crippen LogP contribution in [0.1, 0.15) is 36.7 Å². The third kappa shape index (κ3) is 2.80. The SMILES string of the molecule is CC(C)(C)c1cc(C=O)c(O)c(-n2nc3ccc(Cl)cc3n2)c1. The molecule has 1 aromatic heterocycles. The fourth-order valence-electron chi connectivity index (χ4n) is 2.31. The van der Waals surface area contributed by atoms with Crippen molar-refractivity contribution in [3.8, 4) is 11.4 Å². The Labute approximate surface area is 138 Å². The smallest absolute Gasteiger partial charge is 0.153 e. The summed E-state index contributed by atoms with van der Waals surface area (Å²) in [6.07, 6.45) is 0.633. The molecule has 3 aromatic rings. The van der Waals surface area contributed by atoms with Gasteiger partial charge >= 0.3 is 0 Å². The van der Waals surface area contributed by atoms with Gasteiger partial charge in [-0.3, -0.25) is 4.79 Å². The minimum atomic E-state index is -0.184. The fourth-order valence-corrected chi connectivity index (χ4v) is 2.48. The standard InChI is InChI=1S/C17H16ClN3O2/c1-17(2,3)11-6-10(9-22)16(23)15(7-11)21-19-13-5-4-12(18)8-14(13)20-21/h4-9,23H,1-3H3. The van der Waals surface area contributed by atoms with Crippen LogP contribution in [0.5, 0.6) is 5.75 Å². The molecule has 5 nitrogen and oxygen atoms in total. The van der Waals surface area contributed by atoms with Crippen molar-refractivity contribution in [3.05, 3.63) is 46.5 Å². The summed E-state index contributed by atoms with van der Waals surface area (Å²) >= 11 is 5.97. The summed E-state index contributed by atoms with van der Waals surface area (Å²) in [7, 11) is 0. The van der Waals surface area contributed by atoms with E-state index >= 15 is 0 Å². The van der Waals surface area contributed by atoms with Gasteiger partial charge in [-0.15, -0.1) is 15.0 Å². The van der Waals surface area contributed by atoms with Gasteiger partial charge in [0.25, 0.3) is 0 Å². The van der Waals surface area contributed by atoms with Crippen molar-refractivity contribution in [2.45, 2.75) is 26.2 Å². The van der Waals surface area contributed by atoms with Gasteiger partial charge in [0.15, 0.2) is 12.0 Å². The van der Waals surface area contributed by atoms with Crippen LogP contribution in [0.25, 0.3) is 16.7 Å². The zero-order valence-electron chi connectivity index (χ0n) is 13.0. The van der Waals surface area contributed by atoms with Gasteiger partial charge in [-0.1, -0.05) is 32.4 Å². The molecule has 0 spiro atoms. The van der Waals surface area contributed by atoms with E-state index < -0.39 is 0 Å². The molecule has 0 bridgehead atoms. The number of phenolic OH excluding ortho intramolecular Hbond substituents is 1. The number of halogens is 1. The van der Waals surface area contributed by atoms with Gasteiger partial charge in [-0.05, 0) is 41.3 Å². The summed E-state index contributed by atoms with van der Waals surface area (Å²) in [4.78, 5) is 12.6. The highest BCUT2D eigenvalue weighted by Gasteiger charge is 2.20. The molecule has 118 valence electrons. The van der Waals surface area contributed by atoms with Crippen LogP contribution in [0, 0.1) is 0 Å². The van der Waals surface area contributed by atoms with Crippen LogP contribution in [0.3, 0.4) is 0 Å². The lowest BCUT2D eigenvalue weighted by Crippen LogP contribution is -2.13. The predicted molar refractivity (Wildman–Crippen MR) is 89.6 cm³/mol. The van der Waals surface area contributed by atoms with Gasteiger partial charge in [0.05, 0.1) is 5.56 Å². The van der Waals surface area contributed by atoms with E-state index in [-0.39, 0.29) is 16.7 Å². The highest BCUT2D eigenvalue weighted by Crippen LogP contribution is 2.32. The van der Waals surface area contributed by atoms with E-state index in [1.165, 1.54) is 4.80 Å². The zero-order chi connectivity index (χ0) is 16.8. The van der Waals surface area contributed by atoms with E-state index in [4.69, 9.17) is 11.6 Å². The van der Waals surface area contributed by atoms with Crippen LogP contribution in [-0.4, -0.2) is 26.4 Å². The molecule has 0 aliphatic heterocycles. The van der Waals surface area contributed by atoms with Crippen molar-refractivity contribution in [1.82, 2.24) is 15.0 Å². The molecule has 0 radical (unpaired) electrons. The van der Waals surface area contributed by atoms with Crippen LogP contribution in [0.4, 0.5) is 0 Å². The first-order chi connectivity index (χ1) is 10.8. The van der Waals surface area contributed by atoms with Crippen LogP contribution in [0.15, 0.2) is 30.3 Å². The summed E-state index contributed by atoms with van der Waals surface area (Å²) < 4.78 is 0. The number of benzene rings is 2. The minimum Gasteiger partial charge on any atom is -0.505 e. The molecule has 0 fully saturated rings. The van der Waals surface area contributed by atoms with Crippen molar-refractivity contribution >= 4 is 28.9 Å². The highest BCUT2D eigenvalue weighted by molar-refractivity contribution is 6.31. The molecule has 0 amide bonds. The Morgan fingerprint density at radius 2 is 1.83 bits per heavy atom. The summed E-state index contributed by atoms with van der Waals surface area (Å²) in [6.45, 7) is 6.10. The number of phenols is 1. The summed E-state index contributed by atoms with van der Waals surface area (Å²) in [5, 5.41) is 19.6. The highest BCUT2D eigenvalue weighted by atomic mass is 35.5. The number of hydrogen-bond donors (Lipinski definition) is 1. The van der Waals surface area contributed by atoms with Crippen molar-refractivity contribution < 1.29 is 9.90 Å². The number of nitrogens with zero attached hydrogens (tertiary/aromatic N) is 3. The van der Waals surface area contributed by atoms with Gasteiger partial charge in [0.2, 0.25) is 0 Å². The Morgan fingerprint density at radius 3 is 2.48 bits per heavy atom. The molecular formula is C17H16ClN3O2. The molecule has 0 aliphatic carbocycles. The van der Waals surface area contributed by atoms with Gasteiger partial charge < -0.3 is 5.11 Å². The van der Waals surface area contributed by atoms with Gasteiger partial charge in [-0.25, -0.2) is 0 Å². The van der Waals surface area contributed by atoms with Crippen LogP contribution >= 0.6 is 11.6 Å². The Hall–Kier alpha value is -2.40. The average molecular weight is 330 g/mol. The van der Waals surface area contributed by atoms with Crippen LogP contribution < -0.4 is 0 Å². The number of aromatic hydroxyl groups is 1. The molecule has 23 heavy (non-hydrogen) atoms. The lowest BCUT2D eigenvalue weighted by atomic mass is 9.85. The number of hydrogen-bond acceptors (Lipinski definition) is 4. The number of rotatable bonds is 2. The van der Waals surface area contributed by atoms with Crippen LogP contribution in [0.2, 0.25) is 5.02 Å². The summed E-state index contributed by atoms with van der Waals surface area (Å²) in [6, 6.07) is 8.66. The van der Waals surface area contributed by atoms with E-state index in [1.54, 1.807) is 30.3 Å². The minimum absolute atomic E-state index is 0.139. The molecular weight excluding hydrogens is 314 g/mol. The third-order valence-electron chi connectivity index (χ3n) is 3.67. The summed E-state index contributed by atoms with van der Waals surface area (Å²) in [5.74, 6) is -0.139. The van der Waals surface area contributed by atoms with Crippen LogP contribution in [-0.2, 0) is 5.41 Å². The molecule has 2 aromatic carbocycles. The van der Waals surface area contributed by atoms with E-state index in [1.807, 2.05) is 20.8 Å². The second-order valence-electron chi connectivity index (χ2n) is 6.42. The number of fused-ring (bicyclic) bond motifs is 1. The molecule has 0 saturated carbocycles. The maximum atomic E-state index is 11.3. The summed E-state index contributed by atoms with van der Waals surface area (Å²) in [5.41, 5.74) is 2.58. The molecule has 0 aliphatic rings. The lowest BCUT2D eigenvalue weighted by Gasteiger charge is -2.21. The first-order valence-corrected chi connectivity index (χ1v) is 7.53. The fraction of sp³-hybridized carbons (Fsp3) is 0.235. The second kappa shape index (κ2) is 5.35. The Kier molecular flexibility index (Phi) is 3.60. The maximum Gasteiger partial charge on any atom is 0.153 e. The number of aromatic nitrogens is 3. The predicted octanol–water partition coefficient (Wildman–Crippen LogP) is 3.89. The van der Waals surface area contributed by atoms with Crippen molar-refractivity contribution in [2.75, 3.05) is 0 Å². The number of carbonyl (C=O) groups excluding carboxylic acids is 1. The molecule has 3 rings (SSSR count). The normalized spacial score (nSPS) is 11.8. The molecule has 1 N–H and O–H groups in total. The van der Waals surface area contributed by atoms with Crippen molar-refractivity contribution in [2.24, 2.45) is 0 Å². The Morgan fingerprint density at radius 1 is 1.13 bits per heavy atom. The van der Waals surface area contributed by atoms with E-state index in [2.05, 4.69) is 10.2 Å². The Balaban J connectivity index is 2.26. The lowest BCUT2D eigenvalue weighted by molar-refractivity contribution is 0.112.